The minimum atomic E-state index is -2.98. The van der Waals surface area contributed by atoms with E-state index >= 15 is 0 Å². The molecule has 1 aliphatic rings. The van der Waals surface area contributed by atoms with Crippen molar-refractivity contribution in [1.82, 2.24) is 10.6 Å². The number of aliphatic imine (C=N–C) groups is 1. The van der Waals surface area contributed by atoms with Crippen LogP contribution in [-0.2, 0) is 16.4 Å². The van der Waals surface area contributed by atoms with E-state index in [1.165, 1.54) is 19.1 Å². The van der Waals surface area contributed by atoms with Crippen molar-refractivity contribution >= 4 is 39.8 Å². The minimum absolute atomic E-state index is 0. The van der Waals surface area contributed by atoms with Crippen LogP contribution in [-0.4, -0.2) is 52.2 Å². The van der Waals surface area contributed by atoms with Gasteiger partial charge in [0.05, 0.1) is 25.5 Å². The Balaban J connectivity index is 0.00000450. The van der Waals surface area contributed by atoms with E-state index in [1.54, 1.807) is 7.11 Å². The van der Waals surface area contributed by atoms with Crippen molar-refractivity contribution in [3.8, 4) is 11.5 Å². The number of benzene rings is 1. The number of ether oxygens (including phenoxy) is 2. The number of guanidine groups is 1. The van der Waals surface area contributed by atoms with Gasteiger partial charge in [-0.05, 0) is 58.1 Å². The van der Waals surface area contributed by atoms with Crippen LogP contribution < -0.4 is 20.1 Å². The van der Waals surface area contributed by atoms with E-state index in [9.17, 15) is 8.42 Å². The van der Waals surface area contributed by atoms with Crippen molar-refractivity contribution < 1.29 is 17.9 Å². The zero-order valence-electron chi connectivity index (χ0n) is 18.4. The Bertz CT molecular complexity index is 780. The molecule has 0 saturated heterocycles. The largest absolute Gasteiger partial charge is 0.497 e. The van der Waals surface area contributed by atoms with Crippen LogP contribution in [0.25, 0.3) is 0 Å². The van der Waals surface area contributed by atoms with Crippen LogP contribution in [0.15, 0.2) is 23.2 Å². The van der Waals surface area contributed by atoms with Crippen LogP contribution in [0.3, 0.4) is 0 Å². The Morgan fingerprint density at radius 1 is 1.30 bits per heavy atom. The fourth-order valence-electron chi connectivity index (χ4n) is 3.27. The van der Waals surface area contributed by atoms with Gasteiger partial charge in [0.1, 0.15) is 21.3 Å². The molecule has 0 amide bonds. The van der Waals surface area contributed by atoms with Gasteiger partial charge in [-0.2, -0.15) is 0 Å². The Labute approximate surface area is 198 Å². The molecule has 172 valence electrons. The molecule has 1 unspecified atom stereocenters. The molecule has 0 spiro atoms. The summed E-state index contributed by atoms with van der Waals surface area (Å²) in [5, 5.41) is 6.50. The number of nitrogens with one attached hydrogen (secondary N) is 2. The lowest BCUT2D eigenvalue weighted by atomic mass is 10.2. The third-order valence-corrected chi connectivity index (χ3v) is 5.90. The second-order valence-electron chi connectivity index (χ2n) is 7.66. The quantitative estimate of drug-likeness (QED) is 0.262. The molecule has 2 rings (SSSR count). The lowest BCUT2D eigenvalue weighted by molar-refractivity contribution is 0.207. The van der Waals surface area contributed by atoms with Crippen molar-refractivity contribution in [2.45, 2.75) is 64.6 Å². The Morgan fingerprint density at radius 2 is 2.00 bits per heavy atom. The molecule has 1 atom stereocenters. The van der Waals surface area contributed by atoms with Crippen LogP contribution in [0.4, 0.5) is 0 Å². The number of nitrogens with zero attached hydrogens (tertiary/aromatic N) is 1. The zero-order valence-corrected chi connectivity index (χ0v) is 21.6. The van der Waals surface area contributed by atoms with Crippen molar-refractivity contribution in [1.29, 1.82) is 0 Å². The van der Waals surface area contributed by atoms with E-state index in [0.29, 0.717) is 18.9 Å². The average Bonchev–Trinajstić information content (AvgIpc) is 3.18. The summed E-state index contributed by atoms with van der Waals surface area (Å²) in [6.45, 7) is 5.14. The maximum Gasteiger partial charge on any atom is 0.191 e. The van der Waals surface area contributed by atoms with Crippen LogP contribution in [0.5, 0.6) is 11.5 Å². The molecule has 0 radical (unpaired) electrons. The molecule has 1 aromatic rings. The van der Waals surface area contributed by atoms with Gasteiger partial charge in [0.25, 0.3) is 0 Å². The van der Waals surface area contributed by atoms with Crippen LogP contribution >= 0.6 is 24.0 Å². The van der Waals surface area contributed by atoms with Gasteiger partial charge in [-0.25, -0.2) is 13.4 Å². The standard InChI is InChI=1S/C21H35N3O4S.HI/c1-5-22-21(24-16(2)12-13-29(4,25)26)23-15-17-10-11-19(27-3)14-20(17)28-18-8-6-7-9-18;/h10-11,14,16,18H,5-9,12-13,15H2,1-4H3,(H2,22,23,24);1H. The van der Waals surface area contributed by atoms with Gasteiger partial charge >= 0.3 is 0 Å². The smallest absolute Gasteiger partial charge is 0.191 e. The maximum absolute atomic E-state index is 11.4. The van der Waals surface area contributed by atoms with E-state index in [1.807, 2.05) is 32.0 Å². The Kier molecular flexibility index (Phi) is 11.8. The molecule has 9 heteroatoms. The van der Waals surface area contributed by atoms with E-state index in [0.717, 1.165) is 36.4 Å². The highest BCUT2D eigenvalue weighted by Crippen LogP contribution is 2.30. The normalized spacial score (nSPS) is 15.9. The van der Waals surface area contributed by atoms with E-state index < -0.39 is 9.84 Å². The molecule has 30 heavy (non-hydrogen) atoms. The average molecular weight is 554 g/mol. The lowest BCUT2D eigenvalue weighted by Crippen LogP contribution is -2.42. The van der Waals surface area contributed by atoms with E-state index in [2.05, 4.69) is 15.6 Å². The minimum Gasteiger partial charge on any atom is -0.497 e. The molecule has 2 N–H and O–H groups in total. The number of hydrogen-bond acceptors (Lipinski definition) is 5. The second-order valence-corrected chi connectivity index (χ2v) is 9.92. The number of rotatable bonds is 10. The molecular weight excluding hydrogens is 517 g/mol. The third kappa shape index (κ3) is 9.72. The first-order chi connectivity index (χ1) is 13.8. The fourth-order valence-corrected chi connectivity index (χ4v) is 4.05. The highest BCUT2D eigenvalue weighted by atomic mass is 127. The first-order valence-electron chi connectivity index (χ1n) is 10.4. The molecule has 1 aliphatic carbocycles. The summed E-state index contributed by atoms with van der Waals surface area (Å²) in [7, 11) is -1.32. The number of sulfone groups is 1. The molecule has 0 bridgehead atoms. The predicted molar refractivity (Wildman–Crippen MR) is 133 cm³/mol. The van der Waals surface area contributed by atoms with E-state index in [4.69, 9.17) is 9.47 Å². The second kappa shape index (κ2) is 13.2. The topological polar surface area (TPSA) is 89.0 Å². The number of hydrogen-bond donors (Lipinski definition) is 2. The number of methoxy groups -OCH3 is 1. The van der Waals surface area contributed by atoms with Crippen molar-refractivity contribution in [3.05, 3.63) is 23.8 Å². The van der Waals surface area contributed by atoms with Crippen LogP contribution in [0.1, 0.15) is 51.5 Å². The first-order valence-corrected chi connectivity index (χ1v) is 12.4. The highest BCUT2D eigenvalue weighted by molar-refractivity contribution is 14.0. The zero-order chi connectivity index (χ0) is 21.3. The van der Waals surface area contributed by atoms with Gasteiger partial charge in [-0.1, -0.05) is 0 Å². The van der Waals surface area contributed by atoms with Crippen LogP contribution in [0, 0.1) is 0 Å². The SMILES string of the molecule is CCNC(=NCc1ccc(OC)cc1OC1CCCC1)NC(C)CCS(C)(=O)=O.I. The third-order valence-electron chi connectivity index (χ3n) is 4.93. The molecule has 1 aromatic carbocycles. The molecular formula is C21H36IN3O4S. The molecule has 0 heterocycles. The molecule has 0 aliphatic heterocycles. The molecule has 0 aromatic heterocycles. The van der Waals surface area contributed by atoms with Crippen molar-refractivity contribution in [2.24, 2.45) is 4.99 Å². The highest BCUT2D eigenvalue weighted by Gasteiger charge is 2.18. The first kappa shape index (κ1) is 26.8. The summed E-state index contributed by atoms with van der Waals surface area (Å²) < 4.78 is 34.4. The summed E-state index contributed by atoms with van der Waals surface area (Å²) in [5.74, 6) is 2.40. The molecule has 1 saturated carbocycles. The predicted octanol–water partition coefficient (Wildman–Crippen LogP) is 3.51. The summed E-state index contributed by atoms with van der Waals surface area (Å²) in [6, 6.07) is 5.83. The monoisotopic (exact) mass is 553 g/mol. The molecule has 7 nitrogen and oxygen atoms in total. The Hall–Kier alpha value is -1.23. The van der Waals surface area contributed by atoms with Gasteiger partial charge in [-0.3, -0.25) is 0 Å². The molecule has 1 fully saturated rings. The van der Waals surface area contributed by atoms with Gasteiger partial charge in [0.2, 0.25) is 0 Å². The Morgan fingerprint density at radius 3 is 2.60 bits per heavy atom. The van der Waals surface area contributed by atoms with Gasteiger partial charge in [0, 0.05) is 30.5 Å². The fraction of sp³-hybridized carbons (Fsp3) is 0.667. The van der Waals surface area contributed by atoms with Crippen molar-refractivity contribution in [3.63, 3.8) is 0 Å². The summed E-state index contributed by atoms with van der Waals surface area (Å²) in [5.41, 5.74) is 0.999. The summed E-state index contributed by atoms with van der Waals surface area (Å²) in [6.07, 6.45) is 6.64. The maximum atomic E-state index is 11.4. The van der Waals surface area contributed by atoms with Crippen molar-refractivity contribution in [2.75, 3.05) is 25.7 Å². The summed E-state index contributed by atoms with van der Waals surface area (Å²) in [4.78, 5) is 4.68. The van der Waals surface area contributed by atoms with Gasteiger partial charge in [-0.15, -0.1) is 24.0 Å². The number of halogens is 1. The van der Waals surface area contributed by atoms with Gasteiger partial charge in [0.15, 0.2) is 5.96 Å². The van der Waals surface area contributed by atoms with Crippen LogP contribution in [0.2, 0.25) is 0 Å². The van der Waals surface area contributed by atoms with E-state index in [-0.39, 0.29) is 41.9 Å². The van der Waals surface area contributed by atoms with Gasteiger partial charge < -0.3 is 20.1 Å². The lowest BCUT2D eigenvalue weighted by Gasteiger charge is -2.19. The summed E-state index contributed by atoms with van der Waals surface area (Å²) >= 11 is 0.